The van der Waals surface area contributed by atoms with Gasteiger partial charge in [0.05, 0.1) is 23.9 Å². The molecule has 0 aliphatic heterocycles. The maximum atomic E-state index is 13.6. The topological polar surface area (TPSA) is 75.0 Å². The average molecular weight is 475 g/mol. The van der Waals surface area contributed by atoms with Crippen LogP contribution in [0.3, 0.4) is 0 Å². The highest BCUT2D eigenvalue weighted by atomic mass is 32.2. The summed E-state index contributed by atoms with van der Waals surface area (Å²) in [5.41, 5.74) is -0.921. The number of nitriles is 1. The van der Waals surface area contributed by atoms with Gasteiger partial charge in [-0.25, -0.2) is 9.37 Å². The quantitative estimate of drug-likeness (QED) is 0.285. The standard InChI is InChI=1S/C23H17F4N3O2S/c1-32-17-8-4-14(5-9-17)20-12-19(23(25,26)27)18(13-28)22(30-20)33-11-10-29-21(31)15-2-6-16(24)7-3-15/h2-9,12H,10-11H2,1H3,(H,29,31). The third kappa shape index (κ3) is 6.02. The summed E-state index contributed by atoms with van der Waals surface area (Å²) in [5.74, 6) is -0.228. The average Bonchev–Trinajstić information content (AvgIpc) is 2.81. The minimum absolute atomic E-state index is 0.0572. The number of methoxy groups -OCH3 is 1. The molecule has 33 heavy (non-hydrogen) atoms. The molecule has 3 rings (SSSR count). The molecule has 1 amide bonds. The number of ether oxygens (including phenoxy) is 1. The molecular formula is C23H17F4N3O2S. The van der Waals surface area contributed by atoms with Gasteiger partial charge in [-0.15, -0.1) is 11.8 Å². The zero-order valence-corrected chi connectivity index (χ0v) is 18.1. The molecule has 170 valence electrons. The number of benzene rings is 2. The highest BCUT2D eigenvalue weighted by molar-refractivity contribution is 7.99. The van der Waals surface area contributed by atoms with Gasteiger partial charge < -0.3 is 10.1 Å². The number of pyridine rings is 1. The molecule has 0 aliphatic rings. The van der Waals surface area contributed by atoms with Crippen LogP contribution in [-0.4, -0.2) is 30.3 Å². The summed E-state index contributed by atoms with van der Waals surface area (Å²) in [6.45, 7) is 0.0987. The van der Waals surface area contributed by atoms with E-state index >= 15 is 0 Å². The van der Waals surface area contributed by atoms with E-state index in [1.165, 1.54) is 19.2 Å². The van der Waals surface area contributed by atoms with E-state index < -0.39 is 29.0 Å². The second kappa shape index (κ2) is 10.4. The molecule has 0 atom stereocenters. The van der Waals surface area contributed by atoms with Crippen molar-refractivity contribution >= 4 is 17.7 Å². The molecule has 0 aliphatic carbocycles. The Morgan fingerprint density at radius 3 is 2.39 bits per heavy atom. The first-order valence-electron chi connectivity index (χ1n) is 9.56. The Kier molecular flexibility index (Phi) is 7.55. The summed E-state index contributed by atoms with van der Waals surface area (Å²) in [6.07, 6.45) is -4.75. The van der Waals surface area contributed by atoms with Gasteiger partial charge in [0.15, 0.2) is 0 Å². The molecular weight excluding hydrogens is 458 g/mol. The van der Waals surface area contributed by atoms with Gasteiger partial charge in [0.25, 0.3) is 5.91 Å². The number of amides is 1. The maximum Gasteiger partial charge on any atom is 0.417 e. The van der Waals surface area contributed by atoms with Crippen molar-refractivity contribution in [1.29, 1.82) is 5.26 Å². The highest BCUT2D eigenvalue weighted by Crippen LogP contribution is 2.38. The minimum atomic E-state index is -4.75. The molecule has 1 heterocycles. The van der Waals surface area contributed by atoms with Crippen LogP contribution in [0.4, 0.5) is 17.6 Å². The van der Waals surface area contributed by atoms with Crippen LogP contribution in [0.5, 0.6) is 5.75 Å². The molecule has 0 bridgehead atoms. The van der Waals surface area contributed by atoms with Gasteiger partial charge in [0.1, 0.15) is 22.7 Å². The number of rotatable bonds is 7. The van der Waals surface area contributed by atoms with Gasteiger partial charge in [-0.2, -0.15) is 18.4 Å². The van der Waals surface area contributed by atoms with E-state index in [2.05, 4.69) is 10.3 Å². The minimum Gasteiger partial charge on any atom is -0.497 e. The first-order chi connectivity index (χ1) is 15.7. The first-order valence-corrected chi connectivity index (χ1v) is 10.5. The van der Waals surface area contributed by atoms with Crippen molar-refractivity contribution in [2.45, 2.75) is 11.2 Å². The van der Waals surface area contributed by atoms with E-state index in [9.17, 15) is 27.6 Å². The first kappa shape index (κ1) is 24.1. The fraction of sp³-hybridized carbons (Fsp3) is 0.174. The number of nitrogens with one attached hydrogen (secondary N) is 1. The van der Waals surface area contributed by atoms with Crippen LogP contribution >= 0.6 is 11.8 Å². The smallest absolute Gasteiger partial charge is 0.417 e. The Hall–Kier alpha value is -3.58. The van der Waals surface area contributed by atoms with Crippen LogP contribution in [0.2, 0.25) is 0 Å². The monoisotopic (exact) mass is 475 g/mol. The molecule has 0 spiro atoms. The Bertz CT molecular complexity index is 1170. The van der Waals surface area contributed by atoms with Crippen LogP contribution < -0.4 is 10.1 Å². The summed E-state index contributed by atoms with van der Waals surface area (Å²) in [6, 6.07) is 13.7. The van der Waals surface area contributed by atoms with Crippen LogP contribution in [0.15, 0.2) is 59.6 Å². The summed E-state index contributed by atoms with van der Waals surface area (Å²) in [7, 11) is 1.47. The van der Waals surface area contributed by atoms with E-state index in [-0.39, 0.29) is 28.6 Å². The lowest BCUT2D eigenvalue weighted by atomic mass is 10.1. The molecule has 0 unspecified atom stereocenters. The summed E-state index contributed by atoms with van der Waals surface area (Å²) < 4.78 is 59.0. The van der Waals surface area contributed by atoms with Crippen molar-refractivity contribution in [3.05, 3.63) is 77.1 Å². The lowest BCUT2D eigenvalue weighted by Gasteiger charge is -2.14. The Labute approximate surface area is 191 Å². The van der Waals surface area contributed by atoms with Crippen LogP contribution in [0, 0.1) is 17.1 Å². The van der Waals surface area contributed by atoms with Crippen LogP contribution in [-0.2, 0) is 6.18 Å². The molecule has 1 aromatic heterocycles. The third-order valence-corrected chi connectivity index (χ3v) is 5.50. The van der Waals surface area contributed by atoms with Crippen molar-refractivity contribution in [3.8, 4) is 23.1 Å². The van der Waals surface area contributed by atoms with E-state index in [1.807, 2.05) is 0 Å². The van der Waals surface area contributed by atoms with Gasteiger partial charge in [-0.1, -0.05) is 0 Å². The summed E-state index contributed by atoms with van der Waals surface area (Å²) in [4.78, 5) is 16.4. The predicted octanol–water partition coefficient (Wildman–Crippen LogP) is 5.31. The Balaban J connectivity index is 1.81. The van der Waals surface area contributed by atoms with Crippen molar-refractivity contribution in [2.24, 2.45) is 0 Å². The zero-order chi connectivity index (χ0) is 24.0. The van der Waals surface area contributed by atoms with Crippen molar-refractivity contribution < 1.29 is 27.1 Å². The predicted molar refractivity (Wildman–Crippen MR) is 115 cm³/mol. The van der Waals surface area contributed by atoms with Gasteiger partial charge in [-0.3, -0.25) is 4.79 Å². The lowest BCUT2D eigenvalue weighted by molar-refractivity contribution is -0.138. The van der Waals surface area contributed by atoms with Gasteiger partial charge >= 0.3 is 6.18 Å². The molecule has 5 nitrogen and oxygen atoms in total. The number of nitrogens with zero attached hydrogens (tertiary/aromatic N) is 2. The number of alkyl halides is 3. The van der Waals surface area contributed by atoms with Crippen LogP contribution in [0.1, 0.15) is 21.5 Å². The highest BCUT2D eigenvalue weighted by Gasteiger charge is 2.36. The van der Waals surface area contributed by atoms with E-state index in [0.717, 1.165) is 30.0 Å². The Morgan fingerprint density at radius 2 is 1.82 bits per heavy atom. The summed E-state index contributed by atoms with van der Waals surface area (Å²) in [5, 5.41) is 11.9. The van der Waals surface area contributed by atoms with Gasteiger partial charge in [0, 0.05) is 23.4 Å². The number of thioether (sulfide) groups is 1. The second-order valence-corrected chi connectivity index (χ2v) is 7.77. The number of hydrogen-bond acceptors (Lipinski definition) is 5. The number of aromatic nitrogens is 1. The maximum absolute atomic E-state index is 13.6. The van der Waals surface area contributed by atoms with Crippen LogP contribution in [0.25, 0.3) is 11.3 Å². The second-order valence-electron chi connectivity index (χ2n) is 6.68. The molecule has 0 fully saturated rings. The number of carbonyl (C=O) groups is 1. The van der Waals surface area contributed by atoms with E-state index in [4.69, 9.17) is 4.74 Å². The third-order valence-electron chi connectivity index (χ3n) is 4.52. The molecule has 0 saturated heterocycles. The van der Waals surface area contributed by atoms with Gasteiger partial charge in [0.2, 0.25) is 0 Å². The number of halogens is 4. The zero-order valence-electron chi connectivity index (χ0n) is 17.2. The summed E-state index contributed by atoms with van der Waals surface area (Å²) >= 11 is 0.925. The molecule has 2 aromatic carbocycles. The van der Waals surface area contributed by atoms with Crippen molar-refractivity contribution in [1.82, 2.24) is 10.3 Å². The Morgan fingerprint density at radius 1 is 1.15 bits per heavy atom. The molecule has 10 heteroatoms. The van der Waals surface area contributed by atoms with Crippen molar-refractivity contribution in [2.75, 3.05) is 19.4 Å². The van der Waals surface area contributed by atoms with Gasteiger partial charge in [-0.05, 0) is 54.6 Å². The number of hydrogen-bond donors (Lipinski definition) is 1. The van der Waals surface area contributed by atoms with E-state index in [1.54, 1.807) is 30.3 Å². The SMILES string of the molecule is COc1ccc(-c2cc(C(F)(F)F)c(C#N)c(SCCNC(=O)c3ccc(F)cc3)n2)cc1. The van der Waals surface area contributed by atoms with E-state index in [0.29, 0.717) is 11.3 Å². The molecule has 0 saturated carbocycles. The largest absolute Gasteiger partial charge is 0.497 e. The molecule has 3 aromatic rings. The fourth-order valence-electron chi connectivity index (χ4n) is 2.88. The molecule has 0 radical (unpaired) electrons. The fourth-order valence-corrected chi connectivity index (χ4v) is 3.74. The molecule has 1 N–H and O–H groups in total. The van der Waals surface area contributed by atoms with Crippen molar-refractivity contribution in [3.63, 3.8) is 0 Å². The lowest BCUT2D eigenvalue weighted by Crippen LogP contribution is -2.25. The number of carbonyl (C=O) groups excluding carboxylic acids is 1. The normalized spacial score (nSPS) is 11.0.